The van der Waals surface area contributed by atoms with E-state index in [1.807, 2.05) is 0 Å². The van der Waals surface area contributed by atoms with Gasteiger partial charge >= 0.3 is 5.97 Å². The standard InChI is InChI=1S/C69H131NO5/c1-3-5-7-9-11-13-15-17-35-39-43-47-51-55-59-63-69(74)75-64-60-56-52-48-44-40-37-34-32-30-28-26-24-22-20-18-19-21-23-25-27-29-31-33-36-38-42-46-50-54-58-62-68(73)70-66(65-71)67(72)61-57-53-49-45-41-16-14-12-10-8-6-4-2/h11,13,17,20,22,35,66-67,71-72H,3-10,12,14-16,18-19,21,23-34,36-65H2,1-2H3,(H,70,73)/b13-11-,22-20-,35-17-. The second kappa shape index (κ2) is 64.6. The van der Waals surface area contributed by atoms with Crippen molar-refractivity contribution in [3.8, 4) is 0 Å². The molecule has 0 aliphatic rings. The number of aliphatic hydroxyl groups is 2. The average Bonchev–Trinajstić information content (AvgIpc) is 3.41. The molecule has 2 unspecified atom stereocenters. The van der Waals surface area contributed by atoms with Gasteiger partial charge in [0.05, 0.1) is 25.4 Å². The number of hydrogen-bond donors (Lipinski definition) is 3. The Kier molecular flexibility index (Phi) is 63.0. The van der Waals surface area contributed by atoms with Gasteiger partial charge in [-0.05, 0) is 83.5 Å². The minimum Gasteiger partial charge on any atom is -0.466 e. The number of aliphatic hydroxyl groups excluding tert-OH is 2. The molecule has 0 rings (SSSR count). The Labute approximate surface area is 468 Å². The van der Waals surface area contributed by atoms with Crippen molar-refractivity contribution in [2.45, 2.75) is 379 Å². The van der Waals surface area contributed by atoms with Crippen LogP contribution < -0.4 is 5.32 Å². The molecule has 0 radical (unpaired) electrons. The maximum Gasteiger partial charge on any atom is 0.305 e. The SMILES string of the molecule is CCCCC/C=C\C/C=C\CCCCCCCC(=O)OCCCCCCCCCCCCCC/C=C\CCCCCCCCCCCCCCCCCC(=O)NC(CO)C(O)CCCCCCCCCCCCCC. The molecule has 0 aromatic carbocycles. The topological polar surface area (TPSA) is 95.9 Å². The predicted octanol–water partition coefficient (Wildman–Crippen LogP) is 21.5. The summed E-state index contributed by atoms with van der Waals surface area (Å²) < 4.78 is 5.48. The molecular weight excluding hydrogens is 923 g/mol. The lowest BCUT2D eigenvalue weighted by atomic mass is 10.0. The number of carbonyl (C=O) groups is 2. The van der Waals surface area contributed by atoms with E-state index >= 15 is 0 Å². The van der Waals surface area contributed by atoms with E-state index in [1.54, 1.807) is 0 Å². The summed E-state index contributed by atoms with van der Waals surface area (Å²) >= 11 is 0. The Morgan fingerprint density at radius 2 is 0.667 bits per heavy atom. The minimum atomic E-state index is -0.662. The monoisotopic (exact) mass is 1050 g/mol. The number of amides is 1. The number of nitrogens with one attached hydrogen (secondary N) is 1. The minimum absolute atomic E-state index is 0.00375. The zero-order valence-corrected chi connectivity index (χ0v) is 50.5. The van der Waals surface area contributed by atoms with Gasteiger partial charge in [-0.2, -0.15) is 0 Å². The Bertz CT molecular complexity index is 1210. The summed E-state index contributed by atoms with van der Waals surface area (Å²) in [6.45, 7) is 4.93. The highest BCUT2D eigenvalue weighted by molar-refractivity contribution is 5.76. The summed E-state index contributed by atoms with van der Waals surface area (Å²) in [6.07, 6.45) is 81.9. The third-order valence-electron chi connectivity index (χ3n) is 15.7. The first-order valence-corrected chi connectivity index (χ1v) is 33.7. The van der Waals surface area contributed by atoms with Crippen LogP contribution in [0.5, 0.6) is 0 Å². The van der Waals surface area contributed by atoms with Gasteiger partial charge in [-0.15, -0.1) is 0 Å². The van der Waals surface area contributed by atoms with E-state index in [1.165, 1.54) is 283 Å². The molecule has 0 fully saturated rings. The number of rotatable bonds is 63. The molecular formula is C69H131NO5. The number of allylic oxidation sites excluding steroid dienone is 6. The van der Waals surface area contributed by atoms with Gasteiger partial charge in [-0.3, -0.25) is 9.59 Å². The molecule has 0 spiro atoms. The molecule has 0 heterocycles. The second-order valence-electron chi connectivity index (χ2n) is 23.1. The van der Waals surface area contributed by atoms with Crippen molar-refractivity contribution < 1.29 is 24.5 Å². The van der Waals surface area contributed by atoms with Crippen molar-refractivity contribution in [1.82, 2.24) is 5.32 Å². The molecule has 0 aliphatic heterocycles. The maximum atomic E-state index is 12.5. The van der Waals surface area contributed by atoms with Gasteiger partial charge in [-0.1, -0.05) is 307 Å². The normalized spacial score (nSPS) is 12.7. The van der Waals surface area contributed by atoms with Crippen LogP contribution in [0.4, 0.5) is 0 Å². The van der Waals surface area contributed by atoms with Gasteiger partial charge < -0.3 is 20.3 Å². The quantitative estimate of drug-likeness (QED) is 0.0320. The van der Waals surface area contributed by atoms with Crippen LogP contribution in [-0.2, 0) is 14.3 Å². The van der Waals surface area contributed by atoms with Gasteiger partial charge in [0.1, 0.15) is 0 Å². The lowest BCUT2D eigenvalue weighted by molar-refractivity contribution is -0.143. The first-order valence-electron chi connectivity index (χ1n) is 33.7. The summed E-state index contributed by atoms with van der Waals surface area (Å²) in [5, 5.41) is 23.2. The average molecular weight is 1050 g/mol. The van der Waals surface area contributed by atoms with Crippen LogP contribution in [0.2, 0.25) is 0 Å². The number of carbonyl (C=O) groups excluding carboxylic acids is 2. The largest absolute Gasteiger partial charge is 0.466 e. The number of esters is 1. The molecule has 1 amide bonds. The van der Waals surface area contributed by atoms with Crippen LogP contribution >= 0.6 is 0 Å². The van der Waals surface area contributed by atoms with Crippen LogP contribution in [0.1, 0.15) is 367 Å². The highest BCUT2D eigenvalue weighted by Crippen LogP contribution is 2.18. The highest BCUT2D eigenvalue weighted by atomic mass is 16.5. The molecule has 6 nitrogen and oxygen atoms in total. The third kappa shape index (κ3) is 61.2. The van der Waals surface area contributed by atoms with E-state index < -0.39 is 12.1 Å². The van der Waals surface area contributed by atoms with Crippen molar-refractivity contribution in [2.75, 3.05) is 13.2 Å². The Hall–Kier alpha value is -1.92. The third-order valence-corrected chi connectivity index (χ3v) is 15.7. The lowest BCUT2D eigenvalue weighted by Gasteiger charge is -2.22. The van der Waals surface area contributed by atoms with Crippen LogP contribution in [0.15, 0.2) is 36.5 Å². The van der Waals surface area contributed by atoms with E-state index in [0.29, 0.717) is 25.9 Å². The molecule has 0 aliphatic carbocycles. The van der Waals surface area contributed by atoms with Gasteiger partial charge in [0.15, 0.2) is 0 Å². The van der Waals surface area contributed by atoms with E-state index in [9.17, 15) is 19.8 Å². The maximum absolute atomic E-state index is 12.5. The van der Waals surface area contributed by atoms with Crippen molar-refractivity contribution in [3.63, 3.8) is 0 Å². The highest BCUT2D eigenvalue weighted by Gasteiger charge is 2.20. The number of hydrogen-bond acceptors (Lipinski definition) is 5. The van der Waals surface area contributed by atoms with Crippen molar-refractivity contribution in [1.29, 1.82) is 0 Å². The zero-order valence-electron chi connectivity index (χ0n) is 50.5. The van der Waals surface area contributed by atoms with Crippen molar-refractivity contribution in [3.05, 3.63) is 36.5 Å². The summed E-state index contributed by atoms with van der Waals surface area (Å²) in [4.78, 5) is 24.5. The van der Waals surface area contributed by atoms with Crippen LogP contribution in [0, 0.1) is 0 Å². The Morgan fingerprint density at radius 1 is 0.373 bits per heavy atom. The molecule has 75 heavy (non-hydrogen) atoms. The fourth-order valence-electron chi connectivity index (χ4n) is 10.5. The second-order valence-corrected chi connectivity index (χ2v) is 23.1. The summed E-state index contributed by atoms with van der Waals surface area (Å²) in [5.74, 6) is -0.0283. The van der Waals surface area contributed by atoms with E-state index in [-0.39, 0.29) is 18.5 Å². The molecule has 2 atom stereocenters. The lowest BCUT2D eigenvalue weighted by Crippen LogP contribution is -2.45. The summed E-state index contributed by atoms with van der Waals surface area (Å²) in [6, 6.07) is -0.539. The van der Waals surface area contributed by atoms with Crippen LogP contribution in [-0.4, -0.2) is 47.4 Å². The van der Waals surface area contributed by atoms with Gasteiger partial charge in [0.2, 0.25) is 5.91 Å². The first-order chi connectivity index (χ1) is 37.0. The van der Waals surface area contributed by atoms with Crippen molar-refractivity contribution >= 4 is 11.9 Å². The molecule has 0 bridgehead atoms. The fraction of sp³-hybridized carbons (Fsp3) is 0.884. The molecule has 3 N–H and O–H groups in total. The number of ether oxygens (including phenoxy) is 1. The van der Waals surface area contributed by atoms with Crippen LogP contribution in [0.25, 0.3) is 0 Å². The van der Waals surface area contributed by atoms with E-state index in [2.05, 4.69) is 55.6 Å². The summed E-state index contributed by atoms with van der Waals surface area (Å²) in [7, 11) is 0. The van der Waals surface area contributed by atoms with Gasteiger partial charge in [-0.25, -0.2) is 0 Å². The number of unbranched alkanes of at least 4 members (excludes halogenated alkanes) is 46. The molecule has 0 aromatic heterocycles. The fourth-order valence-corrected chi connectivity index (χ4v) is 10.5. The first kappa shape index (κ1) is 73.1. The van der Waals surface area contributed by atoms with Crippen molar-refractivity contribution in [2.24, 2.45) is 0 Å². The Morgan fingerprint density at radius 3 is 1.05 bits per heavy atom. The molecule has 442 valence electrons. The van der Waals surface area contributed by atoms with E-state index in [0.717, 1.165) is 51.4 Å². The Balaban J connectivity index is 3.35. The predicted molar refractivity (Wildman–Crippen MR) is 329 cm³/mol. The van der Waals surface area contributed by atoms with Gasteiger partial charge in [0, 0.05) is 12.8 Å². The van der Waals surface area contributed by atoms with E-state index in [4.69, 9.17) is 4.74 Å². The molecule has 0 aromatic rings. The smallest absolute Gasteiger partial charge is 0.305 e. The molecule has 0 saturated heterocycles. The van der Waals surface area contributed by atoms with Gasteiger partial charge in [0.25, 0.3) is 0 Å². The zero-order chi connectivity index (χ0) is 54.3. The molecule has 0 saturated carbocycles. The summed E-state index contributed by atoms with van der Waals surface area (Å²) in [5.41, 5.74) is 0. The molecule has 6 heteroatoms. The van der Waals surface area contributed by atoms with Crippen LogP contribution in [0.3, 0.4) is 0 Å².